The van der Waals surface area contributed by atoms with Crippen molar-refractivity contribution in [1.29, 1.82) is 0 Å². The van der Waals surface area contributed by atoms with Gasteiger partial charge in [0, 0.05) is 11.6 Å². The van der Waals surface area contributed by atoms with Gasteiger partial charge in [-0.05, 0) is 42.5 Å². The second-order valence-electron chi connectivity index (χ2n) is 7.56. The van der Waals surface area contributed by atoms with Gasteiger partial charge in [0.05, 0.1) is 43.7 Å². The Morgan fingerprint density at radius 2 is 1.83 bits per heavy atom. The SMILES string of the molecule is COc1ccc(-c2nc(NC(=O)c3ccc4c(c3)C(=O)N(Cc3ccco3)C4=O)n[nH]2)c(OC)c1. The predicted octanol–water partition coefficient (Wildman–Crippen LogP) is 3.13. The molecule has 11 nitrogen and oxygen atoms in total. The molecule has 1 aliphatic heterocycles. The first-order valence-corrected chi connectivity index (χ1v) is 10.5. The van der Waals surface area contributed by atoms with E-state index in [0.717, 1.165) is 4.90 Å². The van der Waals surface area contributed by atoms with E-state index in [4.69, 9.17) is 13.9 Å². The normalized spacial score (nSPS) is 12.6. The fraction of sp³-hybridized carbons (Fsp3) is 0.125. The number of fused-ring (bicyclic) bond motifs is 1. The van der Waals surface area contributed by atoms with Crippen LogP contribution in [0.3, 0.4) is 0 Å². The zero-order valence-electron chi connectivity index (χ0n) is 18.7. The Balaban J connectivity index is 1.34. The Labute approximate surface area is 198 Å². The van der Waals surface area contributed by atoms with E-state index in [2.05, 4.69) is 20.5 Å². The average molecular weight is 473 g/mol. The van der Waals surface area contributed by atoms with E-state index >= 15 is 0 Å². The number of amides is 3. The van der Waals surface area contributed by atoms with E-state index < -0.39 is 17.7 Å². The number of carbonyl (C=O) groups is 3. The number of aromatic amines is 1. The topological polar surface area (TPSA) is 140 Å². The molecule has 5 rings (SSSR count). The molecule has 0 saturated carbocycles. The molecule has 0 bridgehead atoms. The first-order chi connectivity index (χ1) is 17.0. The fourth-order valence-corrected chi connectivity index (χ4v) is 3.74. The van der Waals surface area contributed by atoms with Crippen molar-refractivity contribution in [1.82, 2.24) is 20.1 Å². The smallest absolute Gasteiger partial charge is 0.261 e. The molecule has 0 aliphatic carbocycles. The lowest BCUT2D eigenvalue weighted by Gasteiger charge is -2.11. The Kier molecular flexibility index (Phi) is 5.49. The minimum atomic E-state index is -0.537. The molecule has 1 aliphatic rings. The molecule has 2 aromatic carbocycles. The average Bonchev–Trinajstić information content (AvgIpc) is 3.62. The molecule has 35 heavy (non-hydrogen) atoms. The van der Waals surface area contributed by atoms with Gasteiger partial charge in [0.25, 0.3) is 17.7 Å². The van der Waals surface area contributed by atoms with Crippen molar-refractivity contribution in [3.05, 3.63) is 77.2 Å². The highest BCUT2D eigenvalue weighted by molar-refractivity contribution is 6.22. The highest BCUT2D eigenvalue weighted by Gasteiger charge is 2.36. The van der Waals surface area contributed by atoms with Crippen molar-refractivity contribution in [2.45, 2.75) is 6.54 Å². The number of ether oxygens (including phenoxy) is 2. The van der Waals surface area contributed by atoms with E-state index in [1.165, 1.54) is 31.6 Å². The zero-order chi connectivity index (χ0) is 24.5. The third-order valence-corrected chi connectivity index (χ3v) is 5.50. The van der Waals surface area contributed by atoms with Crippen LogP contribution in [-0.2, 0) is 6.54 Å². The lowest BCUT2D eigenvalue weighted by Crippen LogP contribution is -2.28. The van der Waals surface area contributed by atoms with Crippen LogP contribution >= 0.6 is 0 Å². The van der Waals surface area contributed by atoms with Gasteiger partial charge in [-0.2, -0.15) is 4.98 Å². The summed E-state index contributed by atoms with van der Waals surface area (Å²) in [5.41, 5.74) is 1.18. The van der Waals surface area contributed by atoms with E-state index in [9.17, 15) is 14.4 Å². The van der Waals surface area contributed by atoms with E-state index in [0.29, 0.717) is 28.6 Å². The quantitative estimate of drug-likeness (QED) is 0.390. The van der Waals surface area contributed by atoms with Crippen LogP contribution in [0.15, 0.2) is 59.2 Å². The fourth-order valence-electron chi connectivity index (χ4n) is 3.74. The van der Waals surface area contributed by atoms with Gasteiger partial charge in [0.2, 0.25) is 5.95 Å². The van der Waals surface area contributed by atoms with Crippen molar-refractivity contribution in [3.63, 3.8) is 0 Å². The summed E-state index contributed by atoms with van der Waals surface area (Å²) in [5, 5.41) is 9.39. The first kappa shape index (κ1) is 21.9. The van der Waals surface area contributed by atoms with Gasteiger partial charge < -0.3 is 13.9 Å². The number of rotatable bonds is 7. The molecule has 0 saturated heterocycles. The maximum Gasteiger partial charge on any atom is 0.261 e. The van der Waals surface area contributed by atoms with E-state index in [1.54, 1.807) is 37.4 Å². The van der Waals surface area contributed by atoms with Crippen molar-refractivity contribution < 1.29 is 28.3 Å². The van der Waals surface area contributed by atoms with Crippen LogP contribution < -0.4 is 14.8 Å². The van der Waals surface area contributed by atoms with Crippen LogP contribution in [0.1, 0.15) is 36.8 Å². The molecule has 176 valence electrons. The molecule has 3 heterocycles. The summed E-state index contributed by atoms with van der Waals surface area (Å²) in [4.78, 5) is 43.7. The van der Waals surface area contributed by atoms with Crippen molar-refractivity contribution in [2.24, 2.45) is 0 Å². The van der Waals surface area contributed by atoms with Crippen LogP contribution in [0.4, 0.5) is 5.95 Å². The summed E-state index contributed by atoms with van der Waals surface area (Å²) >= 11 is 0. The van der Waals surface area contributed by atoms with E-state index in [1.807, 2.05) is 0 Å². The molecule has 0 radical (unpaired) electrons. The number of aromatic nitrogens is 3. The number of methoxy groups -OCH3 is 2. The maximum atomic E-state index is 12.8. The second-order valence-corrected chi connectivity index (χ2v) is 7.56. The first-order valence-electron chi connectivity index (χ1n) is 10.5. The van der Waals surface area contributed by atoms with Crippen LogP contribution in [0, 0.1) is 0 Å². The molecule has 2 N–H and O–H groups in total. The summed E-state index contributed by atoms with van der Waals surface area (Å²) in [6.45, 7) is 0.00959. The summed E-state index contributed by atoms with van der Waals surface area (Å²) in [6.07, 6.45) is 1.47. The zero-order valence-corrected chi connectivity index (χ0v) is 18.7. The number of H-pyrrole nitrogens is 1. The molecule has 0 atom stereocenters. The number of carbonyl (C=O) groups excluding carboxylic acids is 3. The lowest BCUT2D eigenvalue weighted by atomic mass is 10.1. The van der Waals surface area contributed by atoms with Gasteiger partial charge in [-0.3, -0.25) is 29.7 Å². The van der Waals surface area contributed by atoms with Gasteiger partial charge >= 0.3 is 0 Å². The minimum Gasteiger partial charge on any atom is -0.497 e. The van der Waals surface area contributed by atoms with Gasteiger partial charge in [0.1, 0.15) is 17.3 Å². The maximum absolute atomic E-state index is 12.8. The molecule has 4 aromatic rings. The van der Waals surface area contributed by atoms with Crippen LogP contribution in [0.25, 0.3) is 11.4 Å². The monoisotopic (exact) mass is 473 g/mol. The number of hydrogen-bond acceptors (Lipinski definition) is 8. The number of nitrogens with one attached hydrogen (secondary N) is 2. The molecule has 2 aromatic heterocycles. The molecular formula is C24H19N5O6. The van der Waals surface area contributed by atoms with Gasteiger partial charge in [-0.25, -0.2) is 0 Å². The molecular weight excluding hydrogens is 454 g/mol. The largest absolute Gasteiger partial charge is 0.497 e. The number of anilines is 1. The Bertz CT molecular complexity index is 1440. The molecule has 3 amide bonds. The third kappa shape index (κ3) is 3.99. The molecule has 0 fully saturated rings. The summed E-state index contributed by atoms with van der Waals surface area (Å²) in [7, 11) is 3.07. The number of benzene rings is 2. The Morgan fingerprint density at radius 1 is 1.03 bits per heavy atom. The highest BCUT2D eigenvalue weighted by atomic mass is 16.5. The van der Waals surface area contributed by atoms with Crippen LogP contribution in [0.2, 0.25) is 0 Å². The molecule has 11 heteroatoms. The minimum absolute atomic E-state index is 0.00959. The molecule has 0 unspecified atom stereocenters. The number of furan rings is 1. The number of imide groups is 1. The highest BCUT2D eigenvalue weighted by Crippen LogP contribution is 2.32. The third-order valence-electron chi connectivity index (χ3n) is 5.50. The summed E-state index contributed by atoms with van der Waals surface area (Å²) in [5.74, 6) is 0.540. The number of hydrogen-bond donors (Lipinski definition) is 2. The number of nitrogens with zero attached hydrogens (tertiary/aromatic N) is 3. The van der Waals surface area contributed by atoms with Crippen molar-refractivity contribution >= 4 is 23.7 Å². The van der Waals surface area contributed by atoms with Crippen molar-refractivity contribution in [3.8, 4) is 22.9 Å². The predicted molar refractivity (Wildman–Crippen MR) is 122 cm³/mol. The Hall–Kier alpha value is -4.93. The Morgan fingerprint density at radius 3 is 2.57 bits per heavy atom. The summed E-state index contributed by atoms with van der Waals surface area (Å²) in [6, 6.07) is 12.9. The van der Waals surface area contributed by atoms with Gasteiger partial charge in [-0.15, -0.1) is 5.10 Å². The standard InChI is InChI=1S/C24H19N5O6/c1-33-14-6-8-17(19(11-14)34-2)20-25-24(28-27-20)26-21(30)13-5-7-16-18(10-13)23(32)29(22(16)31)12-15-4-3-9-35-15/h3-11H,12H2,1-2H3,(H2,25,26,27,28,30). The van der Waals surface area contributed by atoms with Crippen molar-refractivity contribution in [2.75, 3.05) is 19.5 Å². The second kappa shape index (κ2) is 8.78. The molecule has 0 spiro atoms. The van der Waals surface area contributed by atoms with E-state index in [-0.39, 0.29) is 29.2 Å². The van der Waals surface area contributed by atoms with Gasteiger partial charge in [0.15, 0.2) is 5.82 Å². The van der Waals surface area contributed by atoms with Gasteiger partial charge in [-0.1, -0.05) is 0 Å². The van der Waals surface area contributed by atoms with Crippen LogP contribution in [-0.4, -0.2) is 52.0 Å². The summed E-state index contributed by atoms with van der Waals surface area (Å²) < 4.78 is 15.8. The lowest BCUT2D eigenvalue weighted by molar-refractivity contribution is 0.0631. The van der Waals surface area contributed by atoms with Crippen LogP contribution in [0.5, 0.6) is 11.5 Å².